The topological polar surface area (TPSA) is 76.4 Å². The van der Waals surface area contributed by atoms with E-state index in [9.17, 15) is 14.9 Å². The molecule has 1 saturated carbocycles. The minimum absolute atomic E-state index is 0.0118. The van der Waals surface area contributed by atoms with Gasteiger partial charge in [0, 0.05) is 5.92 Å². The number of alkyl halides is 1. The highest BCUT2D eigenvalue weighted by molar-refractivity contribution is 9.10. The van der Waals surface area contributed by atoms with Crippen molar-refractivity contribution in [1.82, 2.24) is 0 Å². The van der Waals surface area contributed by atoms with Crippen LogP contribution in [0.4, 0.5) is 0 Å². The van der Waals surface area contributed by atoms with Gasteiger partial charge in [0.1, 0.15) is 16.5 Å². The Morgan fingerprint density at radius 1 is 1.24 bits per heavy atom. The second-order valence-corrected chi connectivity index (χ2v) is 10.5. The average molecular weight is 458 g/mol. The number of fused-ring (bicyclic) bond motifs is 3. The maximum absolute atomic E-state index is 12.6. The molecule has 1 aromatic carbocycles. The lowest BCUT2D eigenvalue weighted by Gasteiger charge is -2.48. The van der Waals surface area contributed by atoms with Crippen LogP contribution in [-0.2, 0) is 14.3 Å². The predicted octanol–water partition coefficient (Wildman–Crippen LogP) is 4.42. The molecule has 0 radical (unpaired) electrons. The summed E-state index contributed by atoms with van der Waals surface area (Å²) in [6, 6.07) is 11.4. The number of nitrogens with zero attached hydrogens (tertiary/aromatic N) is 1. The van der Waals surface area contributed by atoms with Crippen molar-refractivity contribution < 1.29 is 19.1 Å². The van der Waals surface area contributed by atoms with Gasteiger partial charge in [0.2, 0.25) is 0 Å². The molecule has 0 spiro atoms. The fraction of sp³-hybridized carbons (Fsp3) is 0.522. The summed E-state index contributed by atoms with van der Waals surface area (Å²) in [6.45, 7) is 5.93. The summed E-state index contributed by atoms with van der Waals surface area (Å²) in [5.74, 6) is -0.629. The number of ether oxygens (including phenoxy) is 2. The zero-order chi connectivity index (χ0) is 21.0. The summed E-state index contributed by atoms with van der Waals surface area (Å²) in [4.78, 5) is 25.1. The Balaban J connectivity index is 1.70. The standard InChI is InChI=1S/C23H24BrNO4/c1-13-10-23(12-25)11-14(2)18-19(29-21(27)22(18,3)24)16(23)9-17(13)28-20(26)15-7-5-4-6-8-15/h4-9,13-14,17-19H,10-11H2,1-3H3. The Labute approximate surface area is 179 Å². The van der Waals surface area contributed by atoms with E-state index in [1.165, 1.54) is 0 Å². The van der Waals surface area contributed by atoms with Gasteiger partial charge in [-0.2, -0.15) is 5.26 Å². The Bertz CT molecular complexity index is 919. The maximum atomic E-state index is 12.6. The Kier molecular flexibility index (Phi) is 4.85. The summed E-state index contributed by atoms with van der Waals surface area (Å²) in [7, 11) is 0. The fourth-order valence-corrected chi connectivity index (χ4v) is 6.20. The molecule has 7 unspecified atom stereocenters. The molecule has 6 heteroatoms. The Morgan fingerprint density at radius 3 is 2.55 bits per heavy atom. The maximum Gasteiger partial charge on any atom is 0.338 e. The molecule has 1 aliphatic heterocycles. The summed E-state index contributed by atoms with van der Waals surface area (Å²) in [6.07, 6.45) is 2.18. The molecule has 0 aromatic heterocycles. The zero-order valence-electron chi connectivity index (χ0n) is 16.7. The number of rotatable bonds is 2. The van der Waals surface area contributed by atoms with Gasteiger partial charge in [-0.15, -0.1) is 0 Å². The first-order chi connectivity index (χ1) is 13.7. The van der Waals surface area contributed by atoms with E-state index in [2.05, 4.69) is 28.9 Å². The van der Waals surface area contributed by atoms with Crippen molar-refractivity contribution in [1.29, 1.82) is 5.26 Å². The minimum atomic E-state index is -0.779. The minimum Gasteiger partial charge on any atom is -0.456 e. The van der Waals surface area contributed by atoms with Gasteiger partial charge in [0.15, 0.2) is 0 Å². The quantitative estimate of drug-likeness (QED) is 0.373. The number of carbonyl (C=O) groups is 2. The summed E-state index contributed by atoms with van der Waals surface area (Å²) in [5, 5.41) is 10.1. The van der Waals surface area contributed by atoms with Crippen molar-refractivity contribution in [3.63, 3.8) is 0 Å². The molecule has 7 atom stereocenters. The molecule has 0 amide bonds. The van der Waals surface area contributed by atoms with Crippen molar-refractivity contribution in [2.45, 2.75) is 50.1 Å². The molecule has 4 rings (SSSR count). The number of benzene rings is 1. The van der Waals surface area contributed by atoms with Crippen molar-refractivity contribution in [2.75, 3.05) is 0 Å². The first kappa shape index (κ1) is 20.2. The number of halogens is 1. The zero-order valence-corrected chi connectivity index (χ0v) is 18.3. The van der Waals surface area contributed by atoms with E-state index in [4.69, 9.17) is 9.47 Å². The number of hydrogen-bond acceptors (Lipinski definition) is 5. The van der Waals surface area contributed by atoms with Crippen LogP contribution in [0.15, 0.2) is 42.0 Å². The van der Waals surface area contributed by atoms with Crippen molar-refractivity contribution >= 4 is 27.9 Å². The average Bonchev–Trinajstić information content (AvgIpc) is 2.93. The van der Waals surface area contributed by atoms with Crippen LogP contribution in [-0.4, -0.2) is 28.5 Å². The van der Waals surface area contributed by atoms with Gasteiger partial charge in [0.25, 0.3) is 0 Å². The predicted molar refractivity (Wildman–Crippen MR) is 110 cm³/mol. The van der Waals surface area contributed by atoms with Crippen LogP contribution >= 0.6 is 15.9 Å². The van der Waals surface area contributed by atoms with Crippen molar-refractivity contribution in [3.8, 4) is 6.07 Å². The second kappa shape index (κ2) is 6.98. The van der Waals surface area contributed by atoms with E-state index in [0.29, 0.717) is 18.4 Å². The van der Waals surface area contributed by atoms with Crippen LogP contribution in [0.5, 0.6) is 0 Å². The van der Waals surface area contributed by atoms with Gasteiger partial charge >= 0.3 is 11.9 Å². The van der Waals surface area contributed by atoms with Crippen LogP contribution < -0.4 is 0 Å². The lowest BCUT2D eigenvalue weighted by atomic mass is 9.55. The van der Waals surface area contributed by atoms with Crippen LogP contribution in [0.2, 0.25) is 0 Å². The molecule has 1 heterocycles. The lowest BCUT2D eigenvalue weighted by molar-refractivity contribution is -0.142. The molecule has 152 valence electrons. The first-order valence-corrected chi connectivity index (χ1v) is 10.8. The molecule has 3 aliphatic rings. The summed E-state index contributed by atoms with van der Waals surface area (Å²) < 4.78 is 10.8. The van der Waals surface area contributed by atoms with Gasteiger partial charge in [-0.05, 0) is 55.4 Å². The van der Waals surface area contributed by atoms with E-state index < -0.39 is 27.9 Å². The van der Waals surface area contributed by atoms with Crippen LogP contribution in [0, 0.1) is 34.5 Å². The molecule has 1 aromatic rings. The van der Waals surface area contributed by atoms with Crippen molar-refractivity contribution in [3.05, 3.63) is 47.5 Å². The third-order valence-corrected chi connectivity index (χ3v) is 7.62. The summed E-state index contributed by atoms with van der Waals surface area (Å²) in [5.41, 5.74) is 0.595. The number of carbonyl (C=O) groups excluding carboxylic acids is 2. The number of hydrogen-bond donors (Lipinski definition) is 0. The molecule has 5 nitrogen and oxygen atoms in total. The second-order valence-electron chi connectivity index (χ2n) is 8.84. The van der Waals surface area contributed by atoms with E-state index in [0.717, 1.165) is 5.57 Å². The van der Waals surface area contributed by atoms with Gasteiger partial charge < -0.3 is 9.47 Å². The molecule has 0 bridgehead atoms. The lowest BCUT2D eigenvalue weighted by Crippen LogP contribution is -2.50. The third kappa shape index (κ3) is 3.11. The molecule has 2 aliphatic carbocycles. The van der Waals surface area contributed by atoms with Crippen LogP contribution in [0.25, 0.3) is 0 Å². The Hall–Kier alpha value is -2.13. The Morgan fingerprint density at radius 2 is 1.90 bits per heavy atom. The van der Waals surface area contributed by atoms with Crippen LogP contribution in [0.1, 0.15) is 44.0 Å². The van der Waals surface area contributed by atoms with Gasteiger partial charge in [0.05, 0.1) is 17.0 Å². The monoisotopic (exact) mass is 457 g/mol. The third-order valence-electron chi connectivity index (χ3n) is 6.77. The largest absolute Gasteiger partial charge is 0.456 e. The highest BCUT2D eigenvalue weighted by atomic mass is 79.9. The molecule has 1 saturated heterocycles. The van der Waals surface area contributed by atoms with E-state index in [-0.39, 0.29) is 23.7 Å². The molecule has 0 N–H and O–H groups in total. The molecule has 2 fully saturated rings. The van der Waals surface area contributed by atoms with Crippen LogP contribution in [0.3, 0.4) is 0 Å². The molecular weight excluding hydrogens is 434 g/mol. The highest BCUT2D eigenvalue weighted by Gasteiger charge is 2.63. The van der Waals surface area contributed by atoms with E-state index in [1.54, 1.807) is 24.3 Å². The number of esters is 2. The highest BCUT2D eigenvalue weighted by Crippen LogP contribution is 2.59. The fourth-order valence-electron chi connectivity index (χ4n) is 5.42. The van der Waals surface area contributed by atoms with Crippen molar-refractivity contribution in [2.24, 2.45) is 23.2 Å². The van der Waals surface area contributed by atoms with Gasteiger partial charge in [-0.3, -0.25) is 4.79 Å². The molecule has 29 heavy (non-hydrogen) atoms. The normalized spacial score (nSPS) is 40.7. The van der Waals surface area contributed by atoms with Gasteiger partial charge in [-0.25, -0.2) is 4.79 Å². The number of nitriles is 1. The van der Waals surface area contributed by atoms with E-state index in [1.807, 2.05) is 26.0 Å². The summed E-state index contributed by atoms with van der Waals surface area (Å²) >= 11 is 3.57. The smallest absolute Gasteiger partial charge is 0.338 e. The SMILES string of the molecule is CC1CC2(C#N)CC(C)C3C(OC(=O)C3(C)Br)C2=CC1OC(=O)c1ccccc1. The van der Waals surface area contributed by atoms with Gasteiger partial charge in [-0.1, -0.05) is 48.0 Å². The molecular formula is C23H24BrNO4. The van der Waals surface area contributed by atoms with E-state index >= 15 is 0 Å². The first-order valence-electron chi connectivity index (χ1n) is 9.99.